The summed E-state index contributed by atoms with van der Waals surface area (Å²) in [5.74, 6) is -0.455. The van der Waals surface area contributed by atoms with Crippen LogP contribution in [-0.4, -0.2) is 34.8 Å². The summed E-state index contributed by atoms with van der Waals surface area (Å²) in [4.78, 5) is 30.0. The van der Waals surface area contributed by atoms with Gasteiger partial charge in [0.1, 0.15) is 5.82 Å². The summed E-state index contributed by atoms with van der Waals surface area (Å²) in [6.07, 6.45) is 1.51. The predicted octanol–water partition coefficient (Wildman–Crippen LogP) is 3.71. The number of nitrogens with zero attached hydrogens (tertiary/aromatic N) is 1. The standard InChI is InChI=1S/C24H26FN3O2/c1-16-11-20-12-18(5-7-22(20)27-16)14-26-24(30)19-6-8-23(29)28(15-19)10-9-17-3-2-4-21(25)13-17/h2-5,7,11-13,19,27H,6,8-10,14-15H2,1H3,(H,26,30). The number of H-pyrrole nitrogens is 1. The van der Waals surface area contributed by atoms with Gasteiger partial charge in [0, 0.05) is 37.3 Å². The minimum Gasteiger partial charge on any atom is -0.359 e. The lowest BCUT2D eigenvalue weighted by atomic mass is 9.96. The van der Waals surface area contributed by atoms with Crippen LogP contribution in [0.15, 0.2) is 48.5 Å². The number of carbonyl (C=O) groups is 2. The number of hydrogen-bond acceptors (Lipinski definition) is 2. The molecule has 1 fully saturated rings. The van der Waals surface area contributed by atoms with E-state index in [2.05, 4.69) is 22.4 Å². The van der Waals surface area contributed by atoms with E-state index < -0.39 is 0 Å². The van der Waals surface area contributed by atoms with Crippen molar-refractivity contribution in [3.8, 4) is 0 Å². The Hall–Kier alpha value is -3.15. The molecule has 2 aromatic carbocycles. The number of piperidine rings is 1. The van der Waals surface area contributed by atoms with Crippen molar-refractivity contribution in [3.05, 3.63) is 71.2 Å². The van der Waals surface area contributed by atoms with Gasteiger partial charge in [-0.05, 0) is 66.6 Å². The van der Waals surface area contributed by atoms with E-state index in [9.17, 15) is 14.0 Å². The van der Waals surface area contributed by atoms with E-state index in [4.69, 9.17) is 0 Å². The van der Waals surface area contributed by atoms with Crippen molar-refractivity contribution < 1.29 is 14.0 Å². The third-order valence-corrected chi connectivity index (χ3v) is 5.72. The van der Waals surface area contributed by atoms with Gasteiger partial charge in [-0.15, -0.1) is 0 Å². The molecule has 2 heterocycles. The first-order valence-corrected chi connectivity index (χ1v) is 10.4. The Morgan fingerprint density at radius 2 is 2.07 bits per heavy atom. The van der Waals surface area contributed by atoms with Crippen molar-refractivity contribution in [2.24, 2.45) is 5.92 Å². The smallest absolute Gasteiger partial charge is 0.225 e. The first-order valence-electron chi connectivity index (χ1n) is 10.4. The van der Waals surface area contributed by atoms with Gasteiger partial charge in [0.25, 0.3) is 0 Å². The topological polar surface area (TPSA) is 65.2 Å². The van der Waals surface area contributed by atoms with E-state index in [1.54, 1.807) is 11.0 Å². The Morgan fingerprint density at radius 3 is 2.90 bits per heavy atom. The van der Waals surface area contributed by atoms with Crippen LogP contribution in [0.4, 0.5) is 4.39 Å². The molecule has 1 unspecified atom stereocenters. The highest BCUT2D eigenvalue weighted by Crippen LogP contribution is 2.20. The van der Waals surface area contributed by atoms with Crippen LogP contribution in [0.25, 0.3) is 10.9 Å². The molecule has 1 aliphatic rings. The molecule has 1 aliphatic heterocycles. The Bertz CT molecular complexity index is 1080. The Balaban J connectivity index is 1.32. The summed E-state index contributed by atoms with van der Waals surface area (Å²) in [7, 11) is 0. The zero-order valence-electron chi connectivity index (χ0n) is 17.1. The van der Waals surface area contributed by atoms with Gasteiger partial charge >= 0.3 is 0 Å². The summed E-state index contributed by atoms with van der Waals surface area (Å²) >= 11 is 0. The summed E-state index contributed by atoms with van der Waals surface area (Å²) < 4.78 is 13.4. The van der Waals surface area contributed by atoms with Crippen molar-refractivity contribution in [1.82, 2.24) is 15.2 Å². The van der Waals surface area contributed by atoms with Gasteiger partial charge in [-0.3, -0.25) is 9.59 Å². The number of aryl methyl sites for hydroxylation is 1. The average molecular weight is 407 g/mol. The van der Waals surface area contributed by atoms with Crippen LogP contribution >= 0.6 is 0 Å². The normalized spacial score (nSPS) is 16.8. The molecule has 0 aliphatic carbocycles. The quantitative estimate of drug-likeness (QED) is 0.654. The second-order valence-electron chi connectivity index (χ2n) is 8.05. The lowest BCUT2D eigenvalue weighted by Crippen LogP contribution is -2.46. The number of aromatic nitrogens is 1. The highest BCUT2D eigenvalue weighted by atomic mass is 19.1. The lowest BCUT2D eigenvalue weighted by molar-refractivity contribution is -0.138. The number of likely N-dealkylation sites (tertiary alicyclic amines) is 1. The van der Waals surface area contributed by atoms with Gasteiger partial charge in [-0.2, -0.15) is 0 Å². The number of carbonyl (C=O) groups excluding carboxylic acids is 2. The molecule has 0 saturated carbocycles. The zero-order chi connectivity index (χ0) is 21.1. The van der Waals surface area contributed by atoms with Gasteiger partial charge in [0.2, 0.25) is 11.8 Å². The molecule has 0 spiro atoms. The highest BCUT2D eigenvalue weighted by Gasteiger charge is 2.29. The molecule has 3 aromatic rings. The number of nitrogens with one attached hydrogen (secondary N) is 2. The third-order valence-electron chi connectivity index (χ3n) is 5.72. The number of fused-ring (bicyclic) bond motifs is 1. The number of hydrogen-bond donors (Lipinski definition) is 2. The molecule has 1 atom stereocenters. The number of halogens is 1. The maximum Gasteiger partial charge on any atom is 0.225 e. The van der Waals surface area contributed by atoms with Gasteiger partial charge in [-0.25, -0.2) is 4.39 Å². The monoisotopic (exact) mass is 407 g/mol. The first-order chi connectivity index (χ1) is 14.5. The molecule has 0 bridgehead atoms. The third kappa shape index (κ3) is 4.70. The number of benzene rings is 2. The molecular formula is C24H26FN3O2. The maximum atomic E-state index is 13.4. The van der Waals surface area contributed by atoms with Crippen LogP contribution in [0.3, 0.4) is 0 Å². The molecule has 4 rings (SSSR count). The van der Waals surface area contributed by atoms with Gasteiger partial charge in [0.05, 0.1) is 5.92 Å². The van der Waals surface area contributed by atoms with E-state index >= 15 is 0 Å². The van der Waals surface area contributed by atoms with Gasteiger partial charge in [0.15, 0.2) is 0 Å². The van der Waals surface area contributed by atoms with Crippen LogP contribution < -0.4 is 5.32 Å². The number of rotatable bonds is 6. The van der Waals surface area contributed by atoms with Gasteiger partial charge in [-0.1, -0.05) is 18.2 Å². The second-order valence-corrected chi connectivity index (χ2v) is 8.05. The predicted molar refractivity (Wildman–Crippen MR) is 114 cm³/mol. The SMILES string of the molecule is Cc1cc2cc(CNC(=O)C3CCC(=O)N(CCc4cccc(F)c4)C3)ccc2[nH]1. The van der Waals surface area contributed by atoms with Crippen molar-refractivity contribution in [1.29, 1.82) is 0 Å². The molecule has 30 heavy (non-hydrogen) atoms. The molecule has 6 heteroatoms. The Labute approximate surface area is 175 Å². The summed E-state index contributed by atoms with van der Waals surface area (Å²) in [5, 5.41) is 4.15. The maximum absolute atomic E-state index is 13.4. The summed E-state index contributed by atoms with van der Waals surface area (Å²) in [5.41, 5.74) is 4.09. The van der Waals surface area contributed by atoms with Crippen molar-refractivity contribution >= 4 is 22.7 Å². The minimum absolute atomic E-state index is 0.0244. The number of aromatic amines is 1. The van der Waals surface area contributed by atoms with Crippen LogP contribution in [0.2, 0.25) is 0 Å². The van der Waals surface area contributed by atoms with E-state index in [-0.39, 0.29) is 23.5 Å². The number of amides is 2. The molecule has 1 aromatic heterocycles. The molecule has 1 saturated heterocycles. The van der Waals surface area contributed by atoms with Crippen molar-refractivity contribution in [2.45, 2.75) is 32.7 Å². The molecular weight excluding hydrogens is 381 g/mol. The lowest BCUT2D eigenvalue weighted by Gasteiger charge is -2.32. The van der Waals surface area contributed by atoms with Crippen molar-refractivity contribution in [2.75, 3.05) is 13.1 Å². The van der Waals surface area contributed by atoms with E-state index in [0.717, 1.165) is 27.7 Å². The van der Waals surface area contributed by atoms with Crippen LogP contribution in [0.1, 0.15) is 29.7 Å². The summed E-state index contributed by atoms with van der Waals surface area (Å²) in [6, 6.07) is 14.6. The van der Waals surface area contributed by atoms with Crippen LogP contribution in [0.5, 0.6) is 0 Å². The first kappa shape index (κ1) is 20.1. The molecule has 5 nitrogen and oxygen atoms in total. The fraction of sp³-hybridized carbons (Fsp3) is 0.333. The van der Waals surface area contributed by atoms with Gasteiger partial charge < -0.3 is 15.2 Å². The molecule has 156 valence electrons. The highest BCUT2D eigenvalue weighted by molar-refractivity contribution is 5.84. The Morgan fingerprint density at radius 1 is 1.20 bits per heavy atom. The van der Waals surface area contributed by atoms with E-state index in [0.29, 0.717) is 38.9 Å². The minimum atomic E-state index is -0.275. The largest absolute Gasteiger partial charge is 0.359 e. The Kier molecular flexibility index (Phi) is 5.84. The van der Waals surface area contributed by atoms with E-state index in [1.807, 2.05) is 25.1 Å². The molecule has 0 radical (unpaired) electrons. The molecule has 2 amide bonds. The average Bonchev–Trinajstić information content (AvgIpc) is 3.10. The van der Waals surface area contributed by atoms with Crippen LogP contribution in [-0.2, 0) is 22.6 Å². The van der Waals surface area contributed by atoms with Crippen molar-refractivity contribution in [3.63, 3.8) is 0 Å². The fourth-order valence-electron chi connectivity index (χ4n) is 4.07. The van der Waals surface area contributed by atoms with Crippen LogP contribution in [0, 0.1) is 18.7 Å². The second kappa shape index (κ2) is 8.69. The summed E-state index contributed by atoms with van der Waals surface area (Å²) in [6.45, 7) is 3.39. The molecule has 2 N–H and O–H groups in total. The zero-order valence-corrected chi connectivity index (χ0v) is 17.1. The van der Waals surface area contributed by atoms with E-state index in [1.165, 1.54) is 12.1 Å². The fourth-order valence-corrected chi connectivity index (χ4v) is 4.07.